The lowest BCUT2D eigenvalue weighted by Crippen LogP contribution is -2.47. The fraction of sp³-hybridized carbons (Fsp3) is 0.684. The maximum Gasteiger partial charge on any atom is 0.0558 e. The number of benzene rings is 1. The van der Waals surface area contributed by atoms with Crippen molar-refractivity contribution in [2.24, 2.45) is 0 Å². The van der Waals surface area contributed by atoms with Crippen LogP contribution in [-0.2, 0) is 0 Å². The van der Waals surface area contributed by atoms with Gasteiger partial charge in [-0.2, -0.15) is 0 Å². The summed E-state index contributed by atoms with van der Waals surface area (Å²) >= 11 is 0. The van der Waals surface area contributed by atoms with Crippen LogP contribution < -0.4 is 5.32 Å². The summed E-state index contributed by atoms with van der Waals surface area (Å²) in [7, 11) is 0. The smallest absolute Gasteiger partial charge is 0.0558 e. The van der Waals surface area contributed by atoms with E-state index in [1.807, 2.05) is 0 Å². The van der Waals surface area contributed by atoms with Gasteiger partial charge in [0.25, 0.3) is 0 Å². The zero-order valence-electron chi connectivity index (χ0n) is 14.8. The SMILES string of the molecule is CC(C)c1cccc(NCCCCN2CCN(CCO)CC2)c1. The first-order valence-electron chi connectivity index (χ1n) is 9.08. The van der Waals surface area contributed by atoms with Gasteiger partial charge in [0.15, 0.2) is 0 Å². The Labute approximate surface area is 141 Å². The first kappa shape index (κ1) is 18.2. The Bertz CT molecular complexity index is 442. The minimum atomic E-state index is 0.281. The molecular weight excluding hydrogens is 286 g/mol. The van der Waals surface area contributed by atoms with E-state index in [0.29, 0.717) is 5.92 Å². The Morgan fingerprint density at radius 1 is 1.04 bits per heavy atom. The first-order valence-corrected chi connectivity index (χ1v) is 9.08. The van der Waals surface area contributed by atoms with Gasteiger partial charge < -0.3 is 15.3 Å². The van der Waals surface area contributed by atoms with Gasteiger partial charge in [0.05, 0.1) is 6.61 Å². The highest BCUT2D eigenvalue weighted by Crippen LogP contribution is 2.18. The van der Waals surface area contributed by atoms with E-state index in [0.717, 1.165) is 39.3 Å². The molecule has 0 saturated carbocycles. The second kappa shape index (κ2) is 9.91. The fourth-order valence-corrected chi connectivity index (χ4v) is 3.08. The summed E-state index contributed by atoms with van der Waals surface area (Å²) in [6, 6.07) is 8.77. The number of rotatable bonds is 9. The molecule has 0 bridgehead atoms. The Kier molecular flexibility index (Phi) is 7.86. The lowest BCUT2D eigenvalue weighted by Gasteiger charge is -2.34. The fourth-order valence-electron chi connectivity index (χ4n) is 3.08. The van der Waals surface area contributed by atoms with Crippen molar-refractivity contribution in [1.29, 1.82) is 0 Å². The molecule has 0 unspecified atom stereocenters. The molecule has 4 nitrogen and oxygen atoms in total. The van der Waals surface area contributed by atoms with Gasteiger partial charge in [-0.05, 0) is 43.0 Å². The first-order chi connectivity index (χ1) is 11.2. The van der Waals surface area contributed by atoms with Gasteiger partial charge in [0.2, 0.25) is 0 Å². The summed E-state index contributed by atoms with van der Waals surface area (Å²) in [6.45, 7) is 12.3. The van der Waals surface area contributed by atoms with Crippen molar-refractivity contribution in [2.75, 3.05) is 57.7 Å². The number of nitrogens with one attached hydrogen (secondary N) is 1. The predicted molar refractivity (Wildman–Crippen MR) is 98.2 cm³/mol. The molecule has 4 heteroatoms. The van der Waals surface area contributed by atoms with E-state index < -0.39 is 0 Å². The average molecular weight is 319 g/mol. The van der Waals surface area contributed by atoms with E-state index in [-0.39, 0.29) is 6.61 Å². The monoisotopic (exact) mass is 319 g/mol. The maximum atomic E-state index is 8.96. The number of aliphatic hydroxyl groups is 1. The molecule has 1 heterocycles. The Hall–Kier alpha value is -1.10. The number of hydrogen-bond acceptors (Lipinski definition) is 4. The van der Waals surface area contributed by atoms with Crippen molar-refractivity contribution in [3.05, 3.63) is 29.8 Å². The lowest BCUT2D eigenvalue weighted by molar-refractivity contribution is 0.112. The Morgan fingerprint density at radius 2 is 1.74 bits per heavy atom. The molecule has 1 fully saturated rings. The summed E-state index contributed by atoms with van der Waals surface area (Å²) in [5.41, 5.74) is 2.64. The lowest BCUT2D eigenvalue weighted by atomic mass is 10.0. The van der Waals surface area contributed by atoms with Crippen LogP contribution in [0.2, 0.25) is 0 Å². The van der Waals surface area contributed by atoms with E-state index >= 15 is 0 Å². The highest BCUT2D eigenvalue weighted by molar-refractivity contribution is 5.46. The number of piperazine rings is 1. The molecule has 2 rings (SSSR count). The number of anilines is 1. The largest absolute Gasteiger partial charge is 0.395 e. The van der Waals surface area contributed by atoms with Crippen molar-refractivity contribution in [1.82, 2.24) is 9.80 Å². The predicted octanol–water partition coefficient (Wildman–Crippen LogP) is 2.61. The van der Waals surface area contributed by atoms with E-state index in [9.17, 15) is 0 Å². The molecule has 0 aliphatic carbocycles. The molecule has 23 heavy (non-hydrogen) atoms. The summed E-state index contributed by atoms with van der Waals surface area (Å²) < 4.78 is 0. The van der Waals surface area contributed by atoms with Crippen molar-refractivity contribution < 1.29 is 5.11 Å². The molecule has 0 spiro atoms. The zero-order chi connectivity index (χ0) is 16.5. The molecular formula is C19H33N3O. The van der Waals surface area contributed by atoms with Crippen LogP contribution >= 0.6 is 0 Å². The number of nitrogens with zero attached hydrogens (tertiary/aromatic N) is 2. The van der Waals surface area contributed by atoms with Crippen molar-refractivity contribution >= 4 is 5.69 Å². The molecule has 1 saturated heterocycles. The van der Waals surface area contributed by atoms with Crippen molar-refractivity contribution in [2.45, 2.75) is 32.6 Å². The molecule has 1 aliphatic rings. The molecule has 0 radical (unpaired) electrons. The van der Waals surface area contributed by atoms with Crippen LogP contribution in [0.15, 0.2) is 24.3 Å². The highest BCUT2D eigenvalue weighted by atomic mass is 16.3. The average Bonchev–Trinajstić information content (AvgIpc) is 2.56. The van der Waals surface area contributed by atoms with Crippen LogP contribution in [0.25, 0.3) is 0 Å². The molecule has 1 aromatic carbocycles. The standard InChI is InChI=1S/C19H33N3O/c1-17(2)18-6-5-7-19(16-18)20-8-3-4-9-21-10-12-22(13-11-21)14-15-23/h5-7,16-17,20,23H,3-4,8-15H2,1-2H3. The third-order valence-electron chi connectivity index (χ3n) is 4.66. The van der Waals surface area contributed by atoms with Crippen LogP contribution in [0, 0.1) is 0 Å². The summed E-state index contributed by atoms with van der Waals surface area (Å²) in [4.78, 5) is 4.90. The Morgan fingerprint density at radius 3 is 2.39 bits per heavy atom. The van der Waals surface area contributed by atoms with E-state index in [1.54, 1.807) is 0 Å². The summed E-state index contributed by atoms with van der Waals surface area (Å²) in [6.07, 6.45) is 2.46. The summed E-state index contributed by atoms with van der Waals surface area (Å²) in [5, 5.41) is 12.5. The molecule has 0 aromatic heterocycles. The second-order valence-electron chi connectivity index (χ2n) is 6.82. The molecule has 130 valence electrons. The van der Waals surface area contributed by atoms with Gasteiger partial charge in [-0.3, -0.25) is 4.90 Å². The normalized spacial score (nSPS) is 16.9. The maximum absolute atomic E-state index is 8.96. The van der Waals surface area contributed by atoms with E-state index in [1.165, 1.54) is 30.6 Å². The van der Waals surface area contributed by atoms with Crippen LogP contribution in [0.4, 0.5) is 5.69 Å². The van der Waals surface area contributed by atoms with E-state index in [2.05, 4.69) is 53.2 Å². The van der Waals surface area contributed by atoms with Gasteiger partial charge in [0.1, 0.15) is 0 Å². The van der Waals surface area contributed by atoms with Gasteiger partial charge in [0, 0.05) is 45.0 Å². The molecule has 2 N–H and O–H groups in total. The van der Waals surface area contributed by atoms with Crippen molar-refractivity contribution in [3.8, 4) is 0 Å². The summed E-state index contributed by atoms with van der Waals surface area (Å²) in [5.74, 6) is 0.584. The molecule has 1 aliphatic heterocycles. The van der Waals surface area contributed by atoms with Gasteiger partial charge in [-0.25, -0.2) is 0 Å². The number of hydrogen-bond donors (Lipinski definition) is 2. The minimum absolute atomic E-state index is 0.281. The quantitative estimate of drug-likeness (QED) is 0.686. The van der Waals surface area contributed by atoms with Gasteiger partial charge in [-0.15, -0.1) is 0 Å². The second-order valence-corrected chi connectivity index (χ2v) is 6.82. The van der Waals surface area contributed by atoms with Crippen LogP contribution in [0.1, 0.15) is 38.2 Å². The molecule has 1 aromatic rings. The number of unbranched alkanes of at least 4 members (excludes halogenated alkanes) is 1. The number of β-amino-alcohol motifs (C(OH)–C–C–N with tert-alkyl or cyclic N) is 1. The van der Waals surface area contributed by atoms with Crippen LogP contribution in [0.5, 0.6) is 0 Å². The van der Waals surface area contributed by atoms with Crippen molar-refractivity contribution in [3.63, 3.8) is 0 Å². The van der Waals surface area contributed by atoms with Gasteiger partial charge in [-0.1, -0.05) is 26.0 Å². The number of aliphatic hydroxyl groups excluding tert-OH is 1. The third kappa shape index (κ3) is 6.50. The van der Waals surface area contributed by atoms with E-state index in [4.69, 9.17) is 5.11 Å². The topological polar surface area (TPSA) is 38.7 Å². The highest BCUT2D eigenvalue weighted by Gasteiger charge is 2.15. The van der Waals surface area contributed by atoms with Crippen LogP contribution in [-0.4, -0.2) is 67.3 Å². The molecule has 0 amide bonds. The minimum Gasteiger partial charge on any atom is -0.395 e. The third-order valence-corrected chi connectivity index (χ3v) is 4.66. The molecule has 0 atom stereocenters. The van der Waals surface area contributed by atoms with Crippen LogP contribution in [0.3, 0.4) is 0 Å². The van der Waals surface area contributed by atoms with Gasteiger partial charge >= 0.3 is 0 Å². The Balaban J connectivity index is 1.57. The zero-order valence-corrected chi connectivity index (χ0v) is 14.8.